The molecule has 55 heavy (non-hydrogen) atoms. The van der Waals surface area contributed by atoms with E-state index in [1.807, 2.05) is 33.1 Å². The van der Waals surface area contributed by atoms with Crippen molar-refractivity contribution in [2.45, 2.75) is 0 Å². The summed E-state index contributed by atoms with van der Waals surface area (Å²) in [5.41, 5.74) is 2.29. The van der Waals surface area contributed by atoms with Crippen LogP contribution in [0, 0.1) is 11.6 Å². The highest BCUT2D eigenvalue weighted by molar-refractivity contribution is 6.10. The van der Waals surface area contributed by atoms with Gasteiger partial charge in [0.1, 0.15) is 17.3 Å². The molecule has 0 unspecified atom stereocenters. The molecule has 0 saturated carbocycles. The number of aromatic nitrogens is 2. The van der Waals surface area contributed by atoms with Crippen molar-refractivity contribution in [3.05, 3.63) is 192 Å². The molecule has 0 radical (unpaired) electrons. The predicted molar refractivity (Wildman–Crippen MR) is 215 cm³/mol. The number of halogens is 2. The molecule has 0 N–H and O–H groups in total. The number of hydrogen-bond acceptors (Lipinski definition) is 5. The summed E-state index contributed by atoms with van der Waals surface area (Å²) < 4.78 is 35.7. The first-order chi connectivity index (χ1) is 26.8. The number of anilines is 3. The van der Waals surface area contributed by atoms with Gasteiger partial charge in [0.25, 0.3) is 0 Å². The van der Waals surface area contributed by atoms with Crippen molar-refractivity contribution in [2.75, 3.05) is 4.90 Å². The second kappa shape index (κ2) is 11.0. The number of nitrogens with zero attached hydrogens (tertiary/aromatic N) is 3. The lowest BCUT2D eigenvalue weighted by molar-refractivity contribution is 0.586. The first-order valence-electron chi connectivity index (χ1n) is 17.6. The van der Waals surface area contributed by atoms with Crippen LogP contribution in [-0.4, -0.2) is 8.80 Å². The summed E-state index contributed by atoms with van der Waals surface area (Å²) in [5, 5.41) is 2.96. The maximum absolute atomic E-state index is 15.9. The summed E-state index contributed by atoms with van der Waals surface area (Å²) in [6.07, 6.45) is 0. The monoisotopic (exact) mass is 719 g/mol. The van der Waals surface area contributed by atoms with Gasteiger partial charge in [0, 0.05) is 54.5 Å². The quantitative estimate of drug-likeness (QED) is 0.134. The first kappa shape index (κ1) is 31.0. The number of pyridine rings is 4. The van der Waals surface area contributed by atoms with Gasteiger partial charge in [0.2, 0.25) is 0 Å². The highest BCUT2D eigenvalue weighted by Crippen LogP contribution is 2.41. The van der Waals surface area contributed by atoms with Gasteiger partial charge in [0.05, 0.1) is 33.1 Å². The zero-order chi connectivity index (χ0) is 37.3. The molecule has 11 aromatic rings. The lowest BCUT2D eigenvalue weighted by atomic mass is 10.0. The van der Waals surface area contributed by atoms with E-state index < -0.39 is 17.3 Å². The Balaban J connectivity index is 1.25. The summed E-state index contributed by atoms with van der Waals surface area (Å²) in [5.74, 6) is -1.71. The van der Waals surface area contributed by atoms with Crippen LogP contribution in [0.4, 0.5) is 25.8 Å². The lowest BCUT2D eigenvalue weighted by Crippen LogP contribution is -2.17. The Morgan fingerprint density at radius 1 is 0.364 bits per heavy atom. The SMILES string of the molecule is O=c1c2ccccc2n2c3ccc(N(c4ccc5c(c4)c(=O)c4cccc6c(=O)c7ccccc7n5c64)c4c(F)cccc4F)cc3c(=O)c3cccc1c32. The molecule has 0 aliphatic rings. The molecule has 0 atom stereocenters. The smallest absolute Gasteiger partial charge is 0.197 e. The van der Waals surface area contributed by atoms with E-state index >= 15 is 8.78 Å². The van der Waals surface area contributed by atoms with Crippen LogP contribution < -0.4 is 26.6 Å². The molecule has 0 amide bonds. The van der Waals surface area contributed by atoms with Gasteiger partial charge in [-0.1, -0.05) is 42.5 Å². The van der Waals surface area contributed by atoms with Gasteiger partial charge in [-0.3, -0.25) is 19.2 Å². The number of benzene rings is 7. The molecular weight excluding hydrogens is 697 g/mol. The van der Waals surface area contributed by atoms with Crippen LogP contribution in [0.25, 0.3) is 76.2 Å². The van der Waals surface area contributed by atoms with Crippen molar-refractivity contribution in [2.24, 2.45) is 0 Å². The number of para-hydroxylation sites is 5. The standard InChI is InChI=1S/C46H23F2N3O4/c47-34-14-7-15-35(48)42(34)49(24-18-20-38-32(22-24)45(54)30-12-5-10-28-40(30)50(38)36-16-3-1-8-26(36)43(28)52)25-19-21-39-33(23-25)46(55)31-13-6-11-29-41(31)51(39)37-17-4-2-9-27(37)44(29)53/h1-23H. The van der Waals surface area contributed by atoms with Crippen molar-refractivity contribution in [1.82, 2.24) is 8.80 Å². The van der Waals surface area contributed by atoms with Gasteiger partial charge in [-0.15, -0.1) is 0 Å². The van der Waals surface area contributed by atoms with Crippen molar-refractivity contribution in [1.29, 1.82) is 0 Å². The van der Waals surface area contributed by atoms with E-state index in [2.05, 4.69) is 0 Å². The Kier molecular flexibility index (Phi) is 6.21. The second-order valence-electron chi connectivity index (χ2n) is 13.7. The van der Waals surface area contributed by atoms with Crippen LogP contribution >= 0.6 is 0 Å². The van der Waals surface area contributed by atoms with E-state index in [-0.39, 0.29) is 43.9 Å². The summed E-state index contributed by atoms with van der Waals surface area (Å²) in [4.78, 5) is 57.2. The molecule has 0 aliphatic heterocycles. The molecule has 0 aliphatic carbocycles. The summed E-state index contributed by atoms with van der Waals surface area (Å²) in [6.45, 7) is 0. The molecule has 0 fully saturated rings. The third-order valence-corrected chi connectivity index (χ3v) is 10.9. The number of rotatable bonds is 3. The largest absolute Gasteiger partial charge is 0.308 e. The molecular formula is C46H23F2N3O4. The molecule has 260 valence electrons. The van der Waals surface area contributed by atoms with E-state index in [1.54, 1.807) is 97.1 Å². The van der Waals surface area contributed by atoms with Gasteiger partial charge in [-0.2, -0.15) is 0 Å². The van der Waals surface area contributed by atoms with Crippen LogP contribution in [-0.2, 0) is 0 Å². The van der Waals surface area contributed by atoms with Crippen LogP contribution in [0.5, 0.6) is 0 Å². The average molecular weight is 720 g/mol. The molecule has 9 heteroatoms. The van der Waals surface area contributed by atoms with Crippen LogP contribution in [0.15, 0.2) is 159 Å². The maximum Gasteiger partial charge on any atom is 0.197 e. The topological polar surface area (TPSA) is 80.3 Å². The van der Waals surface area contributed by atoms with E-state index in [0.717, 1.165) is 12.1 Å². The van der Waals surface area contributed by atoms with E-state index in [1.165, 1.54) is 11.0 Å². The third kappa shape index (κ3) is 4.06. The minimum atomic E-state index is -0.856. The molecule has 0 saturated heterocycles. The molecule has 0 spiro atoms. The first-order valence-corrected chi connectivity index (χ1v) is 17.6. The number of fused-ring (bicyclic) bond motifs is 8. The minimum absolute atomic E-state index is 0.182. The van der Waals surface area contributed by atoms with Crippen LogP contribution in [0.1, 0.15) is 0 Å². The molecule has 11 rings (SSSR count). The van der Waals surface area contributed by atoms with Crippen molar-refractivity contribution < 1.29 is 8.78 Å². The van der Waals surface area contributed by atoms with Gasteiger partial charge >= 0.3 is 0 Å². The van der Waals surface area contributed by atoms with Crippen molar-refractivity contribution in [3.8, 4) is 0 Å². The summed E-state index contributed by atoms with van der Waals surface area (Å²) in [6, 6.07) is 38.0. The fourth-order valence-electron chi connectivity index (χ4n) is 8.53. The molecule has 7 aromatic carbocycles. The summed E-state index contributed by atoms with van der Waals surface area (Å²) >= 11 is 0. The average Bonchev–Trinajstić information content (AvgIpc) is 3.21. The molecule has 4 aromatic heterocycles. The fourth-order valence-corrected chi connectivity index (χ4v) is 8.53. The van der Waals surface area contributed by atoms with E-state index in [0.29, 0.717) is 65.4 Å². The second-order valence-corrected chi connectivity index (χ2v) is 13.7. The zero-order valence-corrected chi connectivity index (χ0v) is 28.5. The Bertz CT molecular complexity index is 3510. The predicted octanol–water partition coefficient (Wildman–Crippen LogP) is 9.18. The fraction of sp³-hybridized carbons (Fsp3) is 0. The van der Waals surface area contributed by atoms with Gasteiger partial charge in [0.15, 0.2) is 21.7 Å². The van der Waals surface area contributed by atoms with E-state index in [9.17, 15) is 19.2 Å². The molecule has 7 nitrogen and oxygen atoms in total. The minimum Gasteiger partial charge on any atom is -0.308 e. The van der Waals surface area contributed by atoms with Crippen LogP contribution in [0.3, 0.4) is 0 Å². The van der Waals surface area contributed by atoms with Gasteiger partial charge in [-0.25, -0.2) is 8.78 Å². The van der Waals surface area contributed by atoms with Crippen molar-refractivity contribution in [3.63, 3.8) is 0 Å². The Hall–Kier alpha value is -7.52. The number of hydrogen-bond donors (Lipinski definition) is 0. The molecule has 4 heterocycles. The normalized spacial score (nSPS) is 12.1. The third-order valence-electron chi connectivity index (χ3n) is 10.9. The highest BCUT2D eigenvalue weighted by atomic mass is 19.1. The Morgan fingerprint density at radius 3 is 1.15 bits per heavy atom. The van der Waals surface area contributed by atoms with Crippen LogP contribution in [0.2, 0.25) is 0 Å². The highest BCUT2D eigenvalue weighted by Gasteiger charge is 2.25. The van der Waals surface area contributed by atoms with Gasteiger partial charge < -0.3 is 13.7 Å². The van der Waals surface area contributed by atoms with Gasteiger partial charge in [-0.05, 0) is 97.1 Å². The Labute approximate surface area is 307 Å². The molecule has 0 bridgehead atoms. The zero-order valence-electron chi connectivity index (χ0n) is 28.5. The summed E-state index contributed by atoms with van der Waals surface area (Å²) in [7, 11) is 0. The van der Waals surface area contributed by atoms with Crippen molar-refractivity contribution >= 4 is 93.3 Å². The Morgan fingerprint density at radius 2 is 0.709 bits per heavy atom. The lowest BCUT2D eigenvalue weighted by Gasteiger charge is -2.27. The van der Waals surface area contributed by atoms with E-state index in [4.69, 9.17) is 0 Å². The maximum atomic E-state index is 15.9.